The van der Waals surface area contributed by atoms with Crippen molar-refractivity contribution in [3.05, 3.63) is 29.3 Å². The van der Waals surface area contributed by atoms with Crippen molar-refractivity contribution in [2.75, 3.05) is 0 Å². The van der Waals surface area contributed by atoms with Crippen molar-refractivity contribution in [3.8, 4) is 5.75 Å². The average Bonchev–Trinajstić information content (AvgIpc) is 2.06. The van der Waals surface area contributed by atoms with E-state index in [4.69, 9.17) is 0 Å². The van der Waals surface area contributed by atoms with Crippen LogP contribution in [-0.4, -0.2) is 6.36 Å². The van der Waals surface area contributed by atoms with E-state index in [2.05, 4.69) is 17.4 Å². The van der Waals surface area contributed by atoms with Crippen molar-refractivity contribution in [1.29, 1.82) is 0 Å². The molecule has 0 unspecified atom stereocenters. The molecule has 0 saturated carbocycles. The molecule has 5 heteroatoms. The Balaban J connectivity index is 2.89. The summed E-state index contributed by atoms with van der Waals surface area (Å²) in [5.74, 6) is 0.329. The summed E-state index contributed by atoms with van der Waals surface area (Å²) in [7, 11) is 0. The quantitative estimate of drug-likeness (QED) is 0.755. The summed E-state index contributed by atoms with van der Waals surface area (Å²) in [6.07, 6.45) is -4.63. The minimum Gasteiger partial charge on any atom is -0.406 e. The van der Waals surface area contributed by atoms with Crippen molar-refractivity contribution in [1.82, 2.24) is 0 Å². The summed E-state index contributed by atoms with van der Waals surface area (Å²) < 4.78 is 39.4. The monoisotopic (exact) mass is 222 g/mol. The maximum Gasteiger partial charge on any atom is 0.573 e. The first kappa shape index (κ1) is 11.2. The van der Waals surface area contributed by atoms with Gasteiger partial charge in [-0.15, -0.1) is 13.2 Å². The molecular weight excluding hydrogens is 213 g/mol. The van der Waals surface area contributed by atoms with E-state index in [1.807, 2.05) is 0 Å². The molecule has 0 aliphatic carbocycles. The lowest BCUT2D eigenvalue weighted by atomic mass is 10.1. The summed E-state index contributed by atoms with van der Waals surface area (Å²) in [6.45, 7) is 1.56. The van der Waals surface area contributed by atoms with Gasteiger partial charge in [-0.1, -0.05) is 12.1 Å². The van der Waals surface area contributed by atoms with Crippen LogP contribution >= 0.6 is 12.6 Å². The van der Waals surface area contributed by atoms with Gasteiger partial charge in [-0.05, 0) is 24.1 Å². The Morgan fingerprint density at radius 2 is 2.00 bits per heavy atom. The second-order valence-electron chi connectivity index (χ2n) is 2.81. The summed E-state index contributed by atoms with van der Waals surface area (Å²) in [4.78, 5) is 0. The van der Waals surface area contributed by atoms with Gasteiger partial charge in [0, 0.05) is 5.75 Å². The fourth-order valence-corrected chi connectivity index (χ4v) is 1.25. The second-order valence-corrected chi connectivity index (χ2v) is 3.12. The lowest BCUT2D eigenvalue weighted by Crippen LogP contribution is -2.17. The van der Waals surface area contributed by atoms with E-state index in [0.29, 0.717) is 11.3 Å². The molecule has 0 amide bonds. The van der Waals surface area contributed by atoms with Crippen molar-refractivity contribution in [2.24, 2.45) is 0 Å². The molecule has 14 heavy (non-hydrogen) atoms. The van der Waals surface area contributed by atoms with Gasteiger partial charge >= 0.3 is 6.36 Å². The van der Waals surface area contributed by atoms with Crippen LogP contribution < -0.4 is 4.74 Å². The first-order valence-electron chi connectivity index (χ1n) is 3.88. The summed E-state index contributed by atoms with van der Waals surface area (Å²) in [5.41, 5.74) is 1.31. The second kappa shape index (κ2) is 4.13. The molecule has 0 N–H and O–H groups in total. The van der Waals surface area contributed by atoms with Crippen LogP contribution in [0.5, 0.6) is 5.75 Å². The van der Waals surface area contributed by atoms with Crippen LogP contribution in [0.15, 0.2) is 18.2 Å². The van der Waals surface area contributed by atoms with Gasteiger partial charge in [0.2, 0.25) is 0 Å². The van der Waals surface area contributed by atoms with Gasteiger partial charge in [-0.3, -0.25) is 0 Å². The van der Waals surface area contributed by atoms with Crippen LogP contribution in [0.3, 0.4) is 0 Å². The number of halogens is 3. The molecule has 1 aromatic rings. The van der Waals surface area contributed by atoms with E-state index in [0.717, 1.165) is 5.56 Å². The molecule has 0 spiro atoms. The molecule has 0 aliphatic rings. The zero-order valence-electron chi connectivity index (χ0n) is 7.43. The number of hydrogen-bond acceptors (Lipinski definition) is 2. The Bertz CT molecular complexity index is 322. The number of benzene rings is 1. The zero-order valence-corrected chi connectivity index (χ0v) is 8.32. The van der Waals surface area contributed by atoms with Gasteiger partial charge in [0.1, 0.15) is 5.75 Å². The smallest absolute Gasteiger partial charge is 0.406 e. The predicted octanol–water partition coefficient (Wildman–Crippen LogP) is 3.32. The maximum absolute atomic E-state index is 11.9. The van der Waals surface area contributed by atoms with Crippen LogP contribution in [0.4, 0.5) is 13.2 Å². The Kier molecular flexibility index (Phi) is 3.31. The topological polar surface area (TPSA) is 9.23 Å². The van der Waals surface area contributed by atoms with E-state index in [9.17, 15) is 13.2 Å². The van der Waals surface area contributed by atoms with E-state index in [1.54, 1.807) is 19.1 Å². The average molecular weight is 222 g/mol. The van der Waals surface area contributed by atoms with Crippen LogP contribution in [0.1, 0.15) is 11.1 Å². The minimum absolute atomic E-state index is 0.164. The van der Waals surface area contributed by atoms with Gasteiger partial charge in [0.25, 0.3) is 0 Å². The first-order chi connectivity index (χ1) is 6.42. The number of rotatable bonds is 2. The fourth-order valence-electron chi connectivity index (χ4n) is 1.05. The molecule has 78 valence electrons. The van der Waals surface area contributed by atoms with Crippen LogP contribution in [0, 0.1) is 6.92 Å². The molecule has 0 aromatic heterocycles. The molecule has 0 bridgehead atoms. The molecule has 1 aromatic carbocycles. The van der Waals surface area contributed by atoms with Crippen molar-refractivity contribution < 1.29 is 17.9 Å². The third-order valence-corrected chi connectivity index (χ3v) is 2.01. The lowest BCUT2D eigenvalue weighted by Gasteiger charge is -2.11. The SMILES string of the molecule is Cc1cc(CS)ccc1OC(F)(F)F. The highest BCUT2D eigenvalue weighted by Crippen LogP contribution is 2.26. The van der Waals surface area contributed by atoms with Gasteiger partial charge < -0.3 is 4.74 Å². The summed E-state index contributed by atoms with van der Waals surface area (Å²) in [5, 5.41) is 0. The van der Waals surface area contributed by atoms with Gasteiger partial charge in [0.15, 0.2) is 0 Å². The highest BCUT2D eigenvalue weighted by molar-refractivity contribution is 7.79. The third kappa shape index (κ3) is 3.14. The number of aryl methyl sites for hydroxylation is 1. The number of alkyl halides is 3. The summed E-state index contributed by atoms with van der Waals surface area (Å²) >= 11 is 4.01. The lowest BCUT2D eigenvalue weighted by molar-refractivity contribution is -0.274. The molecule has 1 nitrogen and oxygen atoms in total. The molecule has 0 heterocycles. The Morgan fingerprint density at radius 1 is 1.36 bits per heavy atom. The highest BCUT2D eigenvalue weighted by atomic mass is 32.1. The van der Waals surface area contributed by atoms with Gasteiger partial charge in [-0.25, -0.2) is 0 Å². The maximum atomic E-state index is 11.9. The predicted molar refractivity (Wildman–Crippen MR) is 50.6 cm³/mol. The largest absolute Gasteiger partial charge is 0.573 e. The van der Waals surface area contributed by atoms with E-state index < -0.39 is 6.36 Å². The van der Waals surface area contributed by atoms with Crippen LogP contribution in [0.2, 0.25) is 0 Å². The molecule has 0 atom stereocenters. The molecule has 0 aliphatic heterocycles. The highest BCUT2D eigenvalue weighted by Gasteiger charge is 2.31. The normalized spacial score (nSPS) is 11.5. The van der Waals surface area contributed by atoms with Crippen LogP contribution in [0.25, 0.3) is 0 Å². The minimum atomic E-state index is -4.63. The van der Waals surface area contributed by atoms with Gasteiger partial charge in [-0.2, -0.15) is 12.6 Å². The number of ether oxygens (including phenoxy) is 1. The fraction of sp³-hybridized carbons (Fsp3) is 0.333. The van der Waals surface area contributed by atoms with Crippen molar-refractivity contribution in [2.45, 2.75) is 19.0 Å². The molecule has 0 saturated heterocycles. The zero-order chi connectivity index (χ0) is 10.8. The van der Waals surface area contributed by atoms with Crippen LogP contribution in [-0.2, 0) is 5.75 Å². The first-order valence-corrected chi connectivity index (χ1v) is 4.52. The molecular formula is C9H9F3OS. The number of thiol groups is 1. The van der Waals surface area contributed by atoms with E-state index >= 15 is 0 Å². The van der Waals surface area contributed by atoms with Crippen molar-refractivity contribution >= 4 is 12.6 Å². The van der Waals surface area contributed by atoms with Gasteiger partial charge in [0.05, 0.1) is 0 Å². The summed E-state index contributed by atoms with van der Waals surface area (Å²) in [6, 6.07) is 4.48. The Labute approximate surface area is 85.3 Å². The standard InChI is InChI=1S/C9H9F3OS/c1-6-4-7(5-14)2-3-8(6)13-9(10,11)12/h2-4,14H,5H2,1H3. The van der Waals surface area contributed by atoms with E-state index in [-0.39, 0.29) is 5.75 Å². The Morgan fingerprint density at radius 3 is 2.43 bits per heavy atom. The molecule has 0 fully saturated rings. The number of hydrogen-bond donors (Lipinski definition) is 1. The third-order valence-electron chi connectivity index (χ3n) is 1.65. The Hall–Kier alpha value is -0.840. The van der Waals surface area contributed by atoms with Crippen molar-refractivity contribution in [3.63, 3.8) is 0 Å². The molecule has 1 rings (SSSR count). The molecule has 0 radical (unpaired) electrons. The van der Waals surface area contributed by atoms with E-state index in [1.165, 1.54) is 6.07 Å².